The molecule has 0 fully saturated rings. The Bertz CT molecular complexity index is 1010. The molecule has 0 aliphatic carbocycles. The molecule has 7 nitrogen and oxygen atoms in total. The summed E-state index contributed by atoms with van der Waals surface area (Å²) in [6.07, 6.45) is 0. The van der Waals surface area contributed by atoms with E-state index in [1.165, 1.54) is 9.13 Å². The molecular weight excluding hydrogens is 332 g/mol. The highest BCUT2D eigenvalue weighted by molar-refractivity contribution is 6.30. The Labute approximate surface area is 142 Å². The quantitative estimate of drug-likeness (QED) is 0.717. The Kier molecular flexibility index (Phi) is 4.19. The third-order valence-corrected chi connectivity index (χ3v) is 4.10. The fourth-order valence-corrected chi connectivity index (χ4v) is 2.72. The van der Waals surface area contributed by atoms with Crippen LogP contribution in [0.3, 0.4) is 0 Å². The number of aromatic nitrogens is 4. The lowest BCUT2D eigenvalue weighted by atomic mass is 10.2. The van der Waals surface area contributed by atoms with Gasteiger partial charge in [-0.1, -0.05) is 23.7 Å². The van der Waals surface area contributed by atoms with Gasteiger partial charge in [0.1, 0.15) is 0 Å². The molecule has 0 unspecified atom stereocenters. The lowest BCUT2D eigenvalue weighted by Gasteiger charge is -2.08. The van der Waals surface area contributed by atoms with Crippen LogP contribution >= 0.6 is 11.6 Å². The van der Waals surface area contributed by atoms with Gasteiger partial charge in [-0.05, 0) is 24.6 Å². The second kappa shape index (κ2) is 6.16. The molecule has 0 radical (unpaired) electrons. The van der Waals surface area contributed by atoms with Crippen LogP contribution in [0.4, 0.5) is 0 Å². The summed E-state index contributed by atoms with van der Waals surface area (Å²) in [6, 6.07) is 7.33. The summed E-state index contributed by atoms with van der Waals surface area (Å²) in [5.74, 6) is 0. The molecule has 0 amide bonds. The van der Waals surface area contributed by atoms with E-state index in [0.717, 1.165) is 5.56 Å². The zero-order chi connectivity index (χ0) is 17.4. The van der Waals surface area contributed by atoms with Crippen LogP contribution in [0.5, 0.6) is 6.01 Å². The van der Waals surface area contributed by atoms with E-state index < -0.39 is 11.2 Å². The molecule has 0 saturated heterocycles. The summed E-state index contributed by atoms with van der Waals surface area (Å²) >= 11 is 5.87. The van der Waals surface area contributed by atoms with E-state index in [9.17, 15) is 9.59 Å². The zero-order valence-electron chi connectivity index (χ0n) is 13.6. The van der Waals surface area contributed by atoms with Crippen molar-refractivity contribution in [1.29, 1.82) is 0 Å². The molecule has 2 aromatic heterocycles. The number of benzene rings is 1. The van der Waals surface area contributed by atoms with Crippen LogP contribution in [0.25, 0.3) is 11.2 Å². The summed E-state index contributed by atoms with van der Waals surface area (Å²) in [5.41, 5.74) is 0.621. The van der Waals surface area contributed by atoms with Crippen LogP contribution in [0.1, 0.15) is 12.5 Å². The van der Waals surface area contributed by atoms with Gasteiger partial charge >= 0.3 is 5.69 Å². The first-order valence-corrected chi connectivity index (χ1v) is 7.85. The molecule has 0 saturated carbocycles. The van der Waals surface area contributed by atoms with E-state index >= 15 is 0 Å². The number of imidazole rings is 1. The van der Waals surface area contributed by atoms with Gasteiger partial charge in [0.15, 0.2) is 11.2 Å². The van der Waals surface area contributed by atoms with Crippen LogP contribution in [-0.2, 0) is 20.6 Å². The zero-order valence-corrected chi connectivity index (χ0v) is 14.4. The maximum atomic E-state index is 12.8. The molecule has 0 aliphatic heterocycles. The molecule has 0 bridgehead atoms. The van der Waals surface area contributed by atoms with E-state index in [4.69, 9.17) is 16.3 Å². The summed E-state index contributed by atoms with van der Waals surface area (Å²) in [7, 11) is 3.28. The van der Waals surface area contributed by atoms with Crippen LogP contribution < -0.4 is 16.0 Å². The number of aryl methyl sites for hydroxylation is 2. The molecule has 1 aromatic carbocycles. The number of hydrogen-bond donors (Lipinski definition) is 0. The van der Waals surface area contributed by atoms with Crippen LogP contribution in [0.2, 0.25) is 5.02 Å². The first-order chi connectivity index (χ1) is 11.4. The van der Waals surface area contributed by atoms with Crippen molar-refractivity contribution in [3.63, 3.8) is 0 Å². The van der Waals surface area contributed by atoms with Crippen molar-refractivity contribution in [2.75, 3.05) is 6.61 Å². The first kappa shape index (κ1) is 16.3. The molecule has 2 heterocycles. The summed E-state index contributed by atoms with van der Waals surface area (Å²) in [6.45, 7) is 2.41. The topological polar surface area (TPSA) is 71.1 Å². The molecule has 3 aromatic rings. The van der Waals surface area contributed by atoms with E-state index in [1.54, 1.807) is 42.9 Å². The van der Waals surface area contributed by atoms with Crippen molar-refractivity contribution in [3.05, 3.63) is 55.7 Å². The molecule has 126 valence electrons. The van der Waals surface area contributed by atoms with Gasteiger partial charge in [-0.3, -0.25) is 18.5 Å². The molecule has 3 rings (SSSR count). The molecular formula is C16H17ClN4O3. The van der Waals surface area contributed by atoms with Crippen LogP contribution in [0, 0.1) is 0 Å². The minimum absolute atomic E-state index is 0.160. The summed E-state index contributed by atoms with van der Waals surface area (Å²) < 4.78 is 9.52. The Morgan fingerprint density at radius 3 is 2.42 bits per heavy atom. The Morgan fingerprint density at radius 2 is 1.79 bits per heavy atom. The molecule has 0 N–H and O–H groups in total. The van der Waals surface area contributed by atoms with Crippen LogP contribution in [0.15, 0.2) is 33.9 Å². The predicted octanol–water partition coefficient (Wildman–Crippen LogP) is 1.53. The SMILES string of the molecule is CCOc1nc2c(c(=O)n(Cc3ccc(Cl)cc3)c(=O)n2C)n1C. The number of hydrogen-bond acceptors (Lipinski definition) is 4. The number of nitrogens with zero attached hydrogens (tertiary/aromatic N) is 4. The Balaban J connectivity index is 2.21. The van der Waals surface area contributed by atoms with Crippen molar-refractivity contribution < 1.29 is 4.74 Å². The smallest absolute Gasteiger partial charge is 0.332 e. The highest BCUT2D eigenvalue weighted by Crippen LogP contribution is 2.15. The minimum Gasteiger partial charge on any atom is -0.465 e. The second-order valence-corrected chi connectivity index (χ2v) is 5.85. The monoisotopic (exact) mass is 348 g/mol. The van der Waals surface area contributed by atoms with Gasteiger partial charge in [0.05, 0.1) is 13.2 Å². The third-order valence-electron chi connectivity index (χ3n) is 3.85. The van der Waals surface area contributed by atoms with Crippen molar-refractivity contribution >= 4 is 22.8 Å². The van der Waals surface area contributed by atoms with Gasteiger partial charge in [0.25, 0.3) is 11.6 Å². The Morgan fingerprint density at radius 1 is 1.12 bits per heavy atom. The molecule has 8 heteroatoms. The lowest BCUT2D eigenvalue weighted by molar-refractivity contribution is 0.304. The van der Waals surface area contributed by atoms with Gasteiger partial charge in [-0.25, -0.2) is 4.79 Å². The molecule has 0 spiro atoms. The number of fused-ring (bicyclic) bond motifs is 1. The predicted molar refractivity (Wildman–Crippen MR) is 91.9 cm³/mol. The highest BCUT2D eigenvalue weighted by Gasteiger charge is 2.19. The highest BCUT2D eigenvalue weighted by atomic mass is 35.5. The van der Waals surface area contributed by atoms with E-state index in [-0.39, 0.29) is 6.54 Å². The van der Waals surface area contributed by atoms with E-state index in [1.807, 2.05) is 6.92 Å². The number of rotatable bonds is 4. The first-order valence-electron chi connectivity index (χ1n) is 7.47. The van der Waals surface area contributed by atoms with Crippen molar-refractivity contribution in [2.24, 2.45) is 14.1 Å². The number of halogens is 1. The average molecular weight is 349 g/mol. The Hall–Kier alpha value is -2.54. The normalized spacial score (nSPS) is 11.2. The average Bonchev–Trinajstić information content (AvgIpc) is 2.89. The second-order valence-electron chi connectivity index (χ2n) is 5.42. The lowest BCUT2D eigenvalue weighted by Crippen LogP contribution is -2.39. The van der Waals surface area contributed by atoms with E-state index in [0.29, 0.717) is 28.8 Å². The molecule has 0 atom stereocenters. The van der Waals surface area contributed by atoms with Gasteiger partial charge < -0.3 is 4.74 Å². The summed E-state index contributed by atoms with van der Waals surface area (Å²) in [5, 5.41) is 0.599. The number of ether oxygens (including phenoxy) is 1. The largest absolute Gasteiger partial charge is 0.465 e. The maximum Gasteiger partial charge on any atom is 0.332 e. The van der Waals surface area contributed by atoms with Gasteiger partial charge in [0.2, 0.25) is 0 Å². The maximum absolute atomic E-state index is 12.8. The van der Waals surface area contributed by atoms with Crippen molar-refractivity contribution in [1.82, 2.24) is 18.7 Å². The van der Waals surface area contributed by atoms with Gasteiger partial charge in [-0.2, -0.15) is 4.98 Å². The van der Waals surface area contributed by atoms with Gasteiger partial charge in [-0.15, -0.1) is 0 Å². The van der Waals surface area contributed by atoms with Gasteiger partial charge in [0, 0.05) is 19.1 Å². The molecule has 0 aliphatic rings. The standard InChI is InChI=1S/C16H17ClN4O3/c1-4-24-15-18-13-12(19(15)2)14(22)21(16(23)20(13)3)9-10-5-7-11(17)8-6-10/h5-8H,4,9H2,1-3H3. The fraction of sp³-hybridized carbons (Fsp3) is 0.312. The third kappa shape index (κ3) is 2.60. The minimum atomic E-state index is -0.427. The summed E-state index contributed by atoms with van der Waals surface area (Å²) in [4.78, 5) is 29.6. The fourth-order valence-electron chi connectivity index (χ4n) is 2.59. The van der Waals surface area contributed by atoms with Crippen molar-refractivity contribution in [2.45, 2.75) is 13.5 Å². The van der Waals surface area contributed by atoms with Crippen molar-refractivity contribution in [3.8, 4) is 6.01 Å². The van der Waals surface area contributed by atoms with Crippen LogP contribution in [-0.4, -0.2) is 25.3 Å². The molecule has 24 heavy (non-hydrogen) atoms. The van der Waals surface area contributed by atoms with E-state index in [2.05, 4.69) is 4.98 Å².